The van der Waals surface area contributed by atoms with Gasteiger partial charge in [0.15, 0.2) is 5.66 Å². The highest BCUT2D eigenvalue weighted by Gasteiger charge is 2.25. The molecule has 0 saturated carbocycles. The number of aliphatic imine (C=N–C) groups is 2. The SMILES string of the molecule is CCCCCCCCCCCCC1=NC(C)(C)N=C(N)N1N. The average molecular weight is 310 g/mol. The van der Waals surface area contributed by atoms with Gasteiger partial charge in [0, 0.05) is 6.42 Å². The normalized spacial score (nSPS) is 17.4. The number of hydrogen-bond donors (Lipinski definition) is 2. The monoisotopic (exact) mass is 309 g/mol. The molecule has 0 fully saturated rings. The molecule has 0 atom stereocenters. The number of rotatable bonds is 11. The van der Waals surface area contributed by atoms with Crippen molar-refractivity contribution in [3.8, 4) is 0 Å². The molecular weight excluding hydrogens is 274 g/mol. The number of nitrogens with two attached hydrogens (primary N) is 2. The zero-order chi connectivity index (χ0) is 16.4. The summed E-state index contributed by atoms with van der Waals surface area (Å²) in [7, 11) is 0. The molecule has 0 aliphatic carbocycles. The third-order valence-corrected chi connectivity index (χ3v) is 4.07. The smallest absolute Gasteiger partial charge is 0.214 e. The summed E-state index contributed by atoms with van der Waals surface area (Å²) < 4.78 is 0. The molecule has 0 amide bonds. The Labute approximate surface area is 136 Å². The molecule has 0 spiro atoms. The fraction of sp³-hybridized carbons (Fsp3) is 0.882. The van der Waals surface area contributed by atoms with Crippen molar-refractivity contribution in [2.75, 3.05) is 0 Å². The second-order valence-corrected chi connectivity index (χ2v) is 6.79. The van der Waals surface area contributed by atoms with E-state index in [9.17, 15) is 0 Å². The van der Waals surface area contributed by atoms with Gasteiger partial charge in [-0.25, -0.2) is 20.8 Å². The Morgan fingerprint density at radius 1 is 0.864 bits per heavy atom. The molecule has 1 heterocycles. The third-order valence-electron chi connectivity index (χ3n) is 4.07. The third kappa shape index (κ3) is 7.25. The molecule has 0 radical (unpaired) electrons. The summed E-state index contributed by atoms with van der Waals surface area (Å²) in [6.45, 7) is 6.16. The van der Waals surface area contributed by atoms with Crippen molar-refractivity contribution < 1.29 is 0 Å². The second-order valence-electron chi connectivity index (χ2n) is 6.79. The van der Waals surface area contributed by atoms with Crippen LogP contribution in [0.4, 0.5) is 0 Å². The first kappa shape index (κ1) is 18.9. The van der Waals surface area contributed by atoms with E-state index < -0.39 is 5.66 Å². The van der Waals surface area contributed by atoms with Gasteiger partial charge in [-0.2, -0.15) is 0 Å². The van der Waals surface area contributed by atoms with Gasteiger partial charge in [-0.3, -0.25) is 0 Å². The van der Waals surface area contributed by atoms with Gasteiger partial charge in [-0.05, 0) is 20.3 Å². The highest BCUT2D eigenvalue weighted by molar-refractivity contribution is 6.00. The van der Waals surface area contributed by atoms with E-state index in [0.29, 0.717) is 5.96 Å². The first-order valence-electron chi connectivity index (χ1n) is 8.95. The predicted molar refractivity (Wildman–Crippen MR) is 95.6 cm³/mol. The van der Waals surface area contributed by atoms with E-state index in [1.54, 1.807) is 0 Å². The van der Waals surface area contributed by atoms with E-state index in [4.69, 9.17) is 11.6 Å². The summed E-state index contributed by atoms with van der Waals surface area (Å²) in [4.78, 5) is 8.82. The van der Waals surface area contributed by atoms with Crippen LogP contribution in [0.5, 0.6) is 0 Å². The van der Waals surface area contributed by atoms with Crippen LogP contribution in [0.2, 0.25) is 0 Å². The highest BCUT2D eigenvalue weighted by atomic mass is 15.5. The topological polar surface area (TPSA) is 80.0 Å². The van der Waals surface area contributed by atoms with Crippen LogP contribution < -0.4 is 11.6 Å². The summed E-state index contributed by atoms with van der Waals surface area (Å²) >= 11 is 0. The molecule has 1 rings (SSSR count). The Morgan fingerprint density at radius 2 is 1.36 bits per heavy atom. The molecule has 0 aromatic heterocycles. The zero-order valence-corrected chi connectivity index (χ0v) is 14.8. The van der Waals surface area contributed by atoms with Crippen LogP contribution in [0.1, 0.15) is 91.4 Å². The first-order chi connectivity index (χ1) is 10.5. The van der Waals surface area contributed by atoms with E-state index in [1.807, 2.05) is 13.8 Å². The Bertz CT molecular complexity index is 373. The van der Waals surface area contributed by atoms with Crippen molar-refractivity contribution in [3.05, 3.63) is 0 Å². The maximum atomic E-state index is 5.91. The Balaban J connectivity index is 2.09. The quantitative estimate of drug-likeness (QED) is 0.448. The van der Waals surface area contributed by atoms with Crippen LogP contribution in [-0.2, 0) is 0 Å². The van der Waals surface area contributed by atoms with Crippen LogP contribution in [0.15, 0.2) is 9.98 Å². The average Bonchev–Trinajstić information content (AvgIpc) is 2.45. The standard InChI is InChI=1S/C17H35N5/c1-4-5-6-7-8-9-10-11-12-13-14-15-20-17(2,3)21-16(18)22(15)19/h4-14,19H2,1-3H3,(H2,18,21). The molecule has 0 saturated heterocycles. The maximum absolute atomic E-state index is 5.91. The minimum absolute atomic E-state index is 0.363. The lowest BCUT2D eigenvalue weighted by molar-refractivity contribution is 0.478. The van der Waals surface area contributed by atoms with Gasteiger partial charge in [0.05, 0.1) is 0 Å². The van der Waals surface area contributed by atoms with Gasteiger partial charge in [0.25, 0.3) is 0 Å². The Hall–Kier alpha value is -1.10. The van der Waals surface area contributed by atoms with Crippen LogP contribution in [0, 0.1) is 0 Å². The van der Waals surface area contributed by atoms with Crippen LogP contribution in [-0.4, -0.2) is 22.5 Å². The number of guanidine groups is 1. The van der Waals surface area contributed by atoms with E-state index in [-0.39, 0.29) is 0 Å². The fourth-order valence-electron chi connectivity index (χ4n) is 2.81. The van der Waals surface area contributed by atoms with Gasteiger partial charge in [0.1, 0.15) is 5.84 Å². The Morgan fingerprint density at radius 3 is 1.91 bits per heavy atom. The summed E-state index contributed by atoms with van der Waals surface area (Å²) in [6, 6.07) is 0. The first-order valence-corrected chi connectivity index (χ1v) is 8.95. The number of unbranched alkanes of at least 4 members (excludes halogenated alkanes) is 9. The molecule has 0 aromatic carbocycles. The molecule has 5 nitrogen and oxygen atoms in total. The lowest BCUT2D eigenvalue weighted by atomic mass is 10.1. The van der Waals surface area contributed by atoms with E-state index >= 15 is 0 Å². The van der Waals surface area contributed by atoms with Crippen LogP contribution in [0.25, 0.3) is 0 Å². The molecule has 1 aliphatic heterocycles. The number of nitrogens with zero attached hydrogens (tertiary/aromatic N) is 3. The zero-order valence-electron chi connectivity index (χ0n) is 14.8. The number of hydrogen-bond acceptors (Lipinski definition) is 5. The van der Waals surface area contributed by atoms with Gasteiger partial charge >= 0.3 is 0 Å². The molecule has 0 unspecified atom stereocenters. The van der Waals surface area contributed by atoms with E-state index in [2.05, 4.69) is 16.9 Å². The lowest BCUT2D eigenvalue weighted by Crippen LogP contribution is -2.51. The molecular formula is C17H35N5. The summed E-state index contributed by atoms with van der Waals surface area (Å²) in [5, 5.41) is 1.43. The van der Waals surface area contributed by atoms with Gasteiger partial charge in [0.2, 0.25) is 5.96 Å². The Kier molecular flexibility index (Phi) is 8.46. The summed E-state index contributed by atoms with van der Waals surface area (Å²) in [5.74, 6) is 7.13. The molecule has 0 bridgehead atoms. The molecule has 1 aliphatic rings. The fourth-order valence-corrected chi connectivity index (χ4v) is 2.81. The number of amidine groups is 1. The molecule has 0 aromatic rings. The van der Waals surface area contributed by atoms with E-state index in [0.717, 1.165) is 18.7 Å². The second kappa shape index (κ2) is 9.82. The molecule has 4 N–H and O–H groups in total. The maximum Gasteiger partial charge on any atom is 0.214 e. The van der Waals surface area contributed by atoms with E-state index in [1.165, 1.54) is 62.8 Å². The van der Waals surface area contributed by atoms with Crippen molar-refractivity contribution in [3.63, 3.8) is 0 Å². The van der Waals surface area contributed by atoms with Crippen molar-refractivity contribution in [1.82, 2.24) is 5.01 Å². The molecule has 128 valence electrons. The lowest BCUT2D eigenvalue weighted by Gasteiger charge is -2.29. The minimum atomic E-state index is -0.478. The predicted octanol–water partition coefficient (Wildman–Crippen LogP) is 3.94. The highest BCUT2D eigenvalue weighted by Crippen LogP contribution is 2.18. The van der Waals surface area contributed by atoms with Crippen molar-refractivity contribution >= 4 is 11.8 Å². The molecule has 5 heteroatoms. The van der Waals surface area contributed by atoms with Crippen LogP contribution >= 0.6 is 0 Å². The van der Waals surface area contributed by atoms with Gasteiger partial charge in [-0.1, -0.05) is 64.7 Å². The van der Waals surface area contributed by atoms with Crippen molar-refractivity contribution in [1.29, 1.82) is 0 Å². The van der Waals surface area contributed by atoms with Crippen LogP contribution in [0.3, 0.4) is 0 Å². The summed E-state index contributed by atoms with van der Waals surface area (Å²) in [6.07, 6.45) is 14.2. The summed E-state index contributed by atoms with van der Waals surface area (Å²) in [5.41, 5.74) is 5.36. The van der Waals surface area contributed by atoms with Gasteiger partial charge in [-0.15, -0.1) is 0 Å². The molecule has 22 heavy (non-hydrogen) atoms. The van der Waals surface area contributed by atoms with Crippen molar-refractivity contribution in [2.24, 2.45) is 21.6 Å². The number of hydrazine groups is 1. The minimum Gasteiger partial charge on any atom is -0.368 e. The van der Waals surface area contributed by atoms with Crippen molar-refractivity contribution in [2.45, 2.75) is 97.1 Å². The largest absolute Gasteiger partial charge is 0.368 e. The van der Waals surface area contributed by atoms with Gasteiger partial charge < -0.3 is 5.73 Å².